The standard InChI is InChI=1S/C13H20O3/c1-11-5-3-4-6-13(11)16-10-12(9-14)7-8-15-2/h3-6,12,14H,7-10H2,1-2H3. The minimum absolute atomic E-state index is 0.134. The Morgan fingerprint density at radius 1 is 1.31 bits per heavy atom. The summed E-state index contributed by atoms with van der Waals surface area (Å²) in [6.07, 6.45) is 0.818. The first-order valence-electron chi connectivity index (χ1n) is 5.56. The van der Waals surface area contributed by atoms with E-state index < -0.39 is 0 Å². The quantitative estimate of drug-likeness (QED) is 0.770. The predicted molar refractivity (Wildman–Crippen MR) is 63.7 cm³/mol. The zero-order valence-corrected chi connectivity index (χ0v) is 9.98. The third-order valence-electron chi connectivity index (χ3n) is 2.56. The molecule has 0 bridgehead atoms. The van der Waals surface area contributed by atoms with Crippen molar-refractivity contribution in [1.29, 1.82) is 0 Å². The van der Waals surface area contributed by atoms with Gasteiger partial charge in [0.25, 0.3) is 0 Å². The summed E-state index contributed by atoms with van der Waals surface area (Å²) >= 11 is 0. The van der Waals surface area contributed by atoms with Crippen molar-refractivity contribution in [3.8, 4) is 5.75 Å². The van der Waals surface area contributed by atoms with Crippen LogP contribution in [0.25, 0.3) is 0 Å². The fraction of sp³-hybridized carbons (Fsp3) is 0.538. The number of aryl methyl sites for hydroxylation is 1. The van der Waals surface area contributed by atoms with Crippen LogP contribution in [0.3, 0.4) is 0 Å². The van der Waals surface area contributed by atoms with Gasteiger partial charge in [0.15, 0.2) is 0 Å². The van der Waals surface area contributed by atoms with Gasteiger partial charge in [-0.05, 0) is 25.0 Å². The molecule has 1 rings (SSSR count). The number of aliphatic hydroxyl groups excluding tert-OH is 1. The molecule has 0 aliphatic rings. The van der Waals surface area contributed by atoms with Gasteiger partial charge in [0, 0.05) is 26.2 Å². The monoisotopic (exact) mass is 224 g/mol. The van der Waals surface area contributed by atoms with E-state index in [4.69, 9.17) is 14.6 Å². The van der Waals surface area contributed by atoms with Gasteiger partial charge < -0.3 is 14.6 Å². The van der Waals surface area contributed by atoms with Crippen LogP contribution in [0, 0.1) is 12.8 Å². The van der Waals surface area contributed by atoms with E-state index >= 15 is 0 Å². The molecule has 1 atom stereocenters. The second kappa shape index (κ2) is 7.25. The summed E-state index contributed by atoms with van der Waals surface area (Å²) in [6, 6.07) is 7.89. The van der Waals surface area contributed by atoms with Gasteiger partial charge in [0.2, 0.25) is 0 Å². The summed E-state index contributed by atoms with van der Waals surface area (Å²) in [4.78, 5) is 0. The van der Waals surface area contributed by atoms with Crippen LogP contribution in [-0.2, 0) is 4.74 Å². The van der Waals surface area contributed by atoms with E-state index in [1.165, 1.54) is 0 Å². The van der Waals surface area contributed by atoms with Crippen molar-refractivity contribution >= 4 is 0 Å². The molecule has 1 N–H and O–H groups in total. The van der Waals surface area contributed by atoms with Gasteiger partial charge in [0.05, 0.1) is 6.61 Å². The maximum Gasteiger partial charge on any atom is 0.122 e. The molecule has 0 aliphatic carbocycles. The molecule has 0 saturated carbocycles. The first-order valence-corrected chi connectivity index (χ1v) is 5.56. The van der Waals surface area contributed by atoms with Crippen LogP contribution < -0.4 is 4.74 Å². The van der Waals surface area contributed by atoms with E-state index in [-0.39, 0.29) is 12.5 Å². The molecule has 0 heterocycles. The van der Waals surface area contributed by atoms with Gasteiger partial charge in [0.1, 0.15) is 5.75 Å². The molecule has 0 aliphatic heterocycles. The smallest absolute Gasteiger partial charge is 0.122 e. The Bertz CT molecular complexity index is 299. The largest absolute Gasteiger partial charge is 0.493 e. The Balaban J connectivity index is 2.40. The Kier molecular flexibility index (Phi) is 5.90. The Morgan fingerprint density at radius 3 is 2.69 bits per heavy atom. The summed E-state index contributed by atoms with van der Waals surface area (Å²) in [5.41, 5.74) is 1.12. The van der Waals surface area contributed by atoms with Crippen molar-refractivity contribution in [2.24, 2.45) is 5.92 Å². The van der Waals surface area contributed by atoms with E-state index in [9.17, 15) is 0 Å². The zero-order chi connectivity index (χ0) is 11.8. The van der Waals surface area contributed by atoms with Crippen LogP contribution in [0.4, 0.5) is 0 Å². The van der Waals surface area contributed by atoms with Crippen molar-refractivity contribution in [1.82, 2.24) is 0 Å². The molecule has 0 fully saturated rings. The summed E-state index contributed by atoms with van der Waals surface area (Å²) in [5, 5.41) is 9.16. The number of benzene rings is 1. The topological polar surface area (TPSA) is 38.7 Å². The highest BCUT2D eigenvalue weighted by Gasteiger charge is 2.08. The molecule has 0 aromatic heterocycles. The first kappa shape index (κ1) is 13.0. The van der Waals surface area contributed by atoms with E-state index in [0.29, 0.717) is 13.2 Å². The van der Waals surface area contributed by atoms with Crippen molar-refractivity contribution in [2.45, 2.75) is 13.3 Å². The number of rotatable bonds is 7. The lowest BCUT2D eigenvalue weighted by atomic mass is 10.1. The maximum absolute atomic E-state index is 9.16. The van der Waals surface area contributed by atoms with Crippen molar-refractivity contribution in [2.75, 3.05) is 26.9 Å². The number of ether oxygens (including phenoxy) is 2. The average Bonchev–Trinajstić information content (AvgIpc) is 2.31. The van der Waals surface area contributed by atoms with E-state index in [2.05, 4.69) is 0 Å². The van der Waals surface area contributed by atoms with Gasteiger partial charge in [-0.2, -0.15) is 0 Å². The molecule has 1 unspecified atom stereocenters. The van der Waals surface area contributed by atoms with Gasteiger partial charge in [-0.1, -0.05) is 18.2 Å². The van der Waals surface area contributed by atoms with Gasteiger partial charge in [-0.15, -0.1) is 0 Å². The molecule has 0 spiro atoms. The minimum atomic E-state index is 0.134. The van der Waals surface area contributed by atoms with Crippen LogP contribution in [0.15, 0.2) is 24.3 Å². The lowest BCUT2D eigenvalue weighted by Crippen LogP contribution is -2.18. The van der Waals surface area contributed by atoms with Crippen LogP contribution in [0.1, 0.15) is 12.0 Å². The summed E-state index contributed by atoms with van der Waals surface area (Å²) in [5.74, 6) is 1.03. The number of para-hydroxylation sites is 1. The Morgan fingerprint density at radius 2 is 2.06 bits per heavy atom. The lowest BCUT2D eigenvalue weighted by Gasteiger charge is -2.15. The van der Waals surface area contributed by atoms with E-state index in [0.717, 1.165) is 17.7 Å². The van der Waals surface area contributed by atoms with Gasteiger partial charge >= 0.3 is 0 Å². The van der Waals surface area contributed by atoms with Gasteiger partial charge in [-0.3, -0.25) is 0 Å². The van der Waals surface area contributed by atoms with Crippen molar-refractivity contribution in [3.63, 3.8) is 0 Å². The van der Waals surface area contributed by atoms with Crippen molar-refractivity contribution < 1.29 is 14.6 Å². The average molecular weight is 224 g/mol. The highest BCUT2D eigenvalue weighted by atomic mass is 16.5. The molecular weight excluding hydrogens is 204 g/mol. The Hall–Kier alpha value is -1.06. The van der Waals surface area contributed by atoms with Crippen molar-refractivity contribution in [3.05, 3.63) is 29.8 Å². The molecule has 3 nitrogen and oxygen atoms in total. The summed E-state index contributed by atoms with van der Waals surface area (Å²) in [6.45, 7) is 3.33. The molecule has 16 heavy (non-hydrogen) atoms. The fourth-order valence-electron chi connectivity index (χ4n) is 1.44. The van der Waals surface area contributed by atoms with Crippen LogP contribution >= 0.6 is 0 Å². The molecule has 3 heteroatoms. The van der Waals surface area contributed by atoms with E-state index in [1.807, 2.05) is 31.2 Å². The fourth-order valence-corrected chi connectivity index (χ4v) is 1.44. The third kappa shape index (κ3) is 4.21. The zero-order valence-electron chi connectivity index (χ0n) is 9.98. The maximum atomic E-state index is 9.16. The molecule has 90 valence electrons. The van der Waals surface area contributed by atoms with Crippen LogP contribution in [0.2, 0.25) is 0 Å². The van der Waals surface area contributed by atoms with Gasteiger partial charge in [-0.25, -0.2) is 0 Å². The highest BCUT2D eigenvalue weighted by Crippen LogP contribution is 2.17. The molecule has 1 aromatic rings. The predicted octanol–water partition coefficient (Wildman–Crippen LogP) is 2.02. The molecule has 0 saturated heterocycles. The number of methoxy groups -OCH3 is 1. The summed E-state index contributed by atoms with van der Waals surface area (Å²) in [7, 11) is 1.66. The number of hydrogen-bond acceptors (Lipinski definition) is 3. The summed E-state index contributed by atoms with van der Waals surface area (Å²) < 4.78 is 10.7. The SMILES string of the molecule is COCCC(CO)COc1ccccc1C. The lowest BCUT2D eigenvalue weighted by molar-refractivity contribution is 0.115. The first-order chi connectivity index (χ1) is 7.77. The molecule has 0 radical (unpaired) electrons. The second-order valence-corrected chi connectivity index (χ2v) is 3.91. The normalized spacial score (nSPS) is 12.4. The molecule has 0 amide bonds. The van der Waals surface area contributed by atoms with Crippen LogP contribution in [0.5, 0.6) is 5.75 Å². The second-order valence-electron chi connectivity index (χ2n) is 3.91. The Labute approximate surface area is 97.0 Å². The molecule has 1 aromatic carbocycles. The van der Waals surface area contributed by atoms with Crippen LogP contribution in [-0.4, -0.2) is 32.0 Å². The minimum Gasteiger partial charge on any atom is -0.493 e. The highest BCUT2D eigenvalue weighted by molar-refractivity contribution is 5.31. The molecular formula is C13H20O3. The number of aliphatic hydroxyl groups is 1. The van der Waals surface area contributed by atoms with E-state index in [1.54, 1.807) is 7.11 Å². The third-order valence-corrected chi connectivity index (χ3v) is 2.56. The number of hydrogen-bond donors (Lipinski definition) is 1.